The summed E-state index contributed by atoms with van der Waals surface area (Å²) in [5, 5.41) is 5.82. The lowest BCUT2D eigenvalue weighted by molar-refractivity contribution is -0.119. The SMILES string of the molecule is COc1cccc(N(C(=O)CN2C=CC=CC=N2)C(C)C)c1. The van der Waals surface area contributed by atoms with E-state index in [0.29, 0.717) is 0 Å². The van der Waals surface area contributed by atoms with Crippen molar-refractivity contribution < 1.29 is 9.53 Å². The Balaban J connectivity index is 2.18. The topological polar surface area (TPSA) is 45.1 Å². The summed E-state index contributed by atoms with van der Waals surface area (Å²) in [6, 6.07) is 7.55. The van der Waals surface area contributed by atoms with Crippen LogP contribution in [0.1, 0.15) is 13.8 Å². The van der Waals surface area contributed by atoms with Crippen LogP contribution in [-0.2, 0) is 4.79 Å². The summed E-state index contributed by atoms with van der Waals surface area (Å²) >= 11 is 0. The third-order valence-electron chi connectivity index (χ3n) is 3.20. The molecule has 0 fully saturated rings. The molecule has 0 aromatic heterocycles. The molecule has 0 radical (unpaired) electrons. The van der Waals surface area contributed by atoms with Gasteiger partial charge in [0.2, 0.25) is 5.91 Å². The number of hydrogen-bond acceptors (Lipinski definition) is 4. The van der Waals surface area contributed by atoms with E-state index in [4.69, 9.17) is 4.74 Å². The minimum absolute atomic E-state index is 0.0213. The monoisotopic (exact) mass is 299 g/mol. The highest BCUT2D eigenvalue weighted by atomic mass is 16.5. The summed E-state index contributed by atoms with van der Waals surface area (Å²) in [7, 11) is 1.62. The van der Waals surface area contributed by atoms with Crippen LogP contribution in [0.15, 0.2) is 53.8 Å². The number of benzene rings is 1. The van der Waals surface area contributed by atoms with E-state index >= 15 is 0 Å². The molecule has 5 nitrogen and oxygen atoms in total. The number of anilines is 1. The van der Waals surface area contributed by atoms with Crippen LogP contribution in [0.2, 0.25) is 0 Å². The lowest BCUT2D eigenvalue weighted by atomic mass is 10.2. The van der Waals surface area contributed by atoms with Crippen LogP contribution in [0.25, 0.3) is 0 Å². The summed E-state index contributed by atoms with van der Waals surface area (Å²) in [4.78, 5) is 14.4. The van der Waals surface area contributed by atoms with Crippen LogP contribution in [0.4, 0.5) is 5.69 Å². The van der Waals surface area contributed by atoms with Crippen molar-refractivity contribution in [1.82, 2.24) is 5.01 Å². The largest absolute Gasteiger partial charge is 0.497 e. The van der Waals surface area contributed by atoms with E-state index in [1.807, 2.05) is 56.3 Å². The fourth-order valence-electron chi connectivity index (χ4n) is 2.22. The van der Waals surface area contributed by atoms with Crippen LogP contribution in [-0.4, -0.2) is 36.8 Å². The van der Waals surface area contributed by atoms with Gasteiger partial charge in [-0.2, -0.15) is 5.10 Å². The van der Waals surface area contributed by atoms with Crippen molar-refractivity contribution >= 4 is 17.8 Å². The van der Waals surface area contributed by atoms with Gasteiger partial charge in [0.25, 0.3) is 0 Å². The van der Waals surface area contributed by atoms with E-state index in [9.17, 15) is 4.79 Å². The molecule has 0 aliphatic carbocycles. The van der Waals surface area contributed by atoms with Gasteiger partial charge in [0, 0.05) is 30.2 Å². The minimum Gasteiger partial charge on any atom is -0.497 e. The van der Waals surface area contributed by atoms with Gasteiger partial charge in [-0.05, 0) is 38.1 Å². The Morgan fingerprint density at radius 2 is 2.14 bits per heavy atom. The van der Waals surface area contributed by atoms with E-state index in [0.717, 1.165) is 11.4 Å². The number of carbonyl (C=O) groups is 1. The van der Waals surface area contributed by atoms with Crippen molar-refractivity contribution in [2.24, 2.45) is 5.10 Å². The van der Waals surface area contributed by atoms with E-state index in [1.165, 1.54) is 0 Å². The second-order valence-corrected chi connectivity index (χ2v) is 5.15. The normalized spacial score (nSPS) is 13.4. The van der Waals surface area contributed by atoms with Crippen molar-refractivity contribution in [2.75, 3.05) is 18.6 Å². The predicted octanol–water partition coefficient (Wildman–Crippen LogP) is 2.81. The molecule has 0 saturated heterocycles. The summed E-state index contributed by atoms with van der Waals surface area (Å²) in [5.41, 5.74) is 0.820. The number of hydrogen-bond donors (Lipinski definition) is 0. The van der Waals surface area contributed by atoms with E-state index in [2.05, 4.69) is 5.10 Å². The molecule has 0 saturated carbocycles. The van der Waals surface area contributed by atoms with Gasteiger partial charge in [-0.1, -0.05) is 12.1 Å². The highest BCUT2D eigenvalue weighted by Gasteiger charge is 2.21. The Morgan fingerprint density at radius 1 is 1.32 bits per heavy atom. The zero-order valence-electron chi connectivity index (χ0n) is 13.1. The van der Waals surface area contributed by atoms with Crippen molar-refractivity contribution in [3.8, 4) is 5.75 Å². The Bertz CT molecular complexity index is 590. The van der Waals surface area contributed by atoms with Gasteiger partial charge in [-0.25, -0.2) is 0 Å². The molecule has 1 aliphatic heterocycles. The highest BCUT2D eigenvalue weighted by molar-refractivity contribution is 5.95. The molecule has 22 heavy (non-hydrogen) atoms. The van der Waals surface area contributed by atoms with Crippen molar-refractivity contribution in [2.45, 2.75) is 19.9 Å². The summed E-state index contributed by atoms with van der Waals surface area (Å²) in [6.07, 6.45) is 8.99. The maximum atomic E-state index is 12.7. The fraction of sp³-hybridized carbons (Fsp3) is 0.294. The number of allylic oxidation sites excluding steroid dienone is 3. The van der Waals surface area contributed by atoms with Crippen molar-refractivity contribution in [3.05, 3.63) is 48.7 Å². The van der Waals surface area contributed by atoms with Crippen LogP contribution >= 0.6 is 0 Å². The molecule has 0 spiro atoms. The maximum absolute atomic E-state index is 12.7. The number of amides is 1. The Hall–Kier alpha value is -2.56. The molecule has 0 atom stereocenters. The van der Waals surface area contributed by atoms with Crippen LogP contribution in [0.5, 0.6) is 5.75 Å². The Labute approximate surface area is 131 Å². The second kappa shape index (κ2) is 7.45. The lowest BCUT2D eigenvalue weighted by Crippen LogP contribution is -2.41. The Morgan fingerprint density at radius 3 is 2.86 bits per heavy atom. The Kier molecular flexibility index (Phi) is 5.36. The van der Waals surface area contributed by atoms with Crippen LogP contribution < -0.4 is 9.64 Å². The molecule has 2 rings (SSSR count). The number of methoxy groups -OCH3 is 1. The number of ether oxygens (including phenoxy) is 1. The predicted molar refractivity (Wildman–Crippen MR) is 89.1 cm³/mol. The zero-order chi connectivity index (χ0) is 15.9. The molecular weight excluding hydrogens is 278 g/mol. The zero-order valence-corrected chi connectivity index (χ0v) is 13.1. The molecule has 0 N–H and O–H groups in total. The van der Waals surface area contributed by atoms with Gasteiger partial charge >= 0.3 is 0 Å². The first-order valence-corrected chi connectivity index (χ1v) is 7.22. The molecule has 1 aliphatic rings. The van der Waals surface area contributed by atoms with Crippen LogP contribution in [0, 0.1) is 0 Å². The van der Waals surface area contributed by atoms with Gasteiger partial charge in [-0.15, -0.1) is 0 Å². The van der Waals surface area contributed by atoms with Crippen molar-refractivity contribution in [3.63, 3.8) is 0 Å². The summed E-state index contributed by atoms with van der Waals surface area (Å²) in [6.45, 7) is 4.16. The van der Waals surface area contributed by atoms with Crippen LogP contribution in [0.3, 0.4) is 0 Å². The molecule has 1 amide bonds. The highest BCUT2D eigenvalue weighted by Crippen LogP contribution is 2.23. The third-order valence-corrected chi connectivity index (χ3v) is 3.20. The van der Waals surface area contributed by atoms with E-state index in [1.54, 1.807) is 29.4 Å². The fourth-order valence-corrected chi connectivity index (χ4v) is 2.22. The first-order valence-electron chi connectivity index (χ1n) is 7.22. The molecule has 116 valence electrons. The first kappa shape index (κ1) is 15.8. The first-order chi connectivity index (χ1) is 10.6. The smallest absolute Gasteiger partial charge is 0.248 e. The molecule has 5 heteroatoms. The number of carbonyl (C=O) groups excluding carboxylic acids is 1. The second-order valence-electron chi connectivity index (χ2n) is 5.15. The minimum atomic E-state index is -0.0213. The molecule has 1 aromatic rings. The molecule has 1 heterocycles. The lowest BCUT2D eigenvalue weighted by Gasteiger charge is -2.28. The number of hydrazone groups is 1. The average molecular weight is 299 g/mol. The quantitative estimate of drug-likeness (QED) is 0.840. The molecule has 1 aromatic carbocycles. The standard InChI is InChI=1S/C17H21N3O2/c1-14(2)20(15-8-7-9-16(12-15)22-3)17(21)13-19-11-6-4-5-10-18-19/h4-12,14H,13H2,1-3H3. The number of rotatable bonds is 5. The van der Waals surface area contributed by atoms with Gasteiger partial charge in [0.1, 0.15) is 12.3 Å². The third kappa shape index (κ3) is 3.97. The maximum Gasteiger partial charge on any atom is 0.248 e. The van der Waals surface area contributed by atoms with Gasteiger partial charge in [0.05, 0.1) is 7.11 Å². The molecule has 0 bridgehead atoms. The number of nitrogens with zero attached hydrogens (tertiary/aromatic N) is 3. The average Bonchev–Trinajstić information content (AvgIpc) is 2.76. The molecule has 0 unspecified atom stereocenters. The van der Waals surface area contributed by atoms with Gasteiger partial charge in [0.15, 0.2) is 0 Å². The van der Waals surface area contributed by atoms with Gasteiger partial charge in [-0.3, -0.25) is 9.80 Å². The summed E-state index contributed by atoms with van der Waals surface area (Å²) < 4.78 is 5.24. The van der Waals surface area contributed by atoms with Crippen molar-refractivity contribution in [1.29, 1.82) is 0 Å². The molecular formula is C17H21N3O2. The van der Waals surface area contributed by atoms with E-state index in [-0.39, 0.29) is 18.5 Å². The van der Waals surface area contributed by atoms with Gasteiger partial charge < -0.3 is 9.64 Å². The summed E-state index contributed by atoms with van der Waals surface area (Å²) in [5.74, 6) is 0.708. The van der Waals surface area contributed by atoms with E-state index < -0.39 is 0 Å².